The molecule has 15 heavy (non-hydrogen) atoms. The summed E-state index contributed by atoms with van der Waals surface area (Å²) in [6.07, 6.45) is 5.35. The molecule has 2 aromatic heterocycles. The van der Waals surface area contributed by atoms with Gasteiger partial charge >= 0.3 is 5.97 Å². The summed E-state index contributed by atoms with van der Waals surface area (Å²) in [7, 11) is 0. The lowest BCUT2D eigenvalue weighted by Crippen LogP contribution is -1.97. The van der Waals surface area contributed by atoms with Crippen LogP contribution in [0.4, 0.5) is 0 Å². The van der Waals surface area contributed by atoms with Gasteiger partial charge in [-0.05, 0) is 25.0 Å². The van der Waals surface area contributed by atoms with Crippen LogP contribution in [0.3, 0.4) is 0 Å². The summed E-state index contributed by atoms with van der Waals surface area (Å²) in [5.74, 6) is -0.746. The molecule has 4 nitrogen and oxygen atoms in total. The lowest BCUT2D eigenvalue weighted by Gasteiger charge is -1.99. The van der Waals surface area contributed by atoms with Gasteiger partial charge in [-0.2, -0.15) is 0 Å². The molecule has 0 unspecified atom stereocenters. The van der Waals surface area contributed by atoms with E-state index in [1.807, 2.05) is 28.8 Å². The van der Waals surface area contributed by atoms with Crippen molar-refractivity contribution in [3.8, 4) is 0 Å². The Morgan fingerprint density at radius 3 is 3.13 bits per heavy atom. The van der Waals surface area contributed by atoms with E-state index in [0.29, 0.717) is 6.42 Å². The fourth-order valence-corrected chi connectivity index (χ4v) is 1.59. The topological polar surface area (TPSA) is 54.6 Å². The van der Waals surface area contributed by atoms with Crippen molar-refractivity contribution in [3.63, 3.8) is 0 Å². The molecular formula is C11H12N2O2. The Morgan fingerprint density at radius 1 is 1.47 bits per heavy atom. The van der Waals surface area contributed by atoms with E-state index in [-0.39, 0.29) is 6.42 Å². The minimum atomic E-state index is -0.746. The Hall–Kier alpha value is -1.84. The van der Waals surface area contributed by atoms with Crippen LogP contribution in [0.2, 0.25) is 0 Å². The highest BCUT2D eigenvalue weighted by Gasteiger charge is 2.03. The first-order valence-corrected chi connectivity index (χ1v) is 4.90. The number of aryl methyl sites for hydroxylation is 1. The molecule has 0 saturated carbocycles. The first-order chi connectivity index (χ1) is 7.27. The quantitative estimate of drug-likeness (QED) is 0.825. The summed E-state index contributed by atoms with van der Waals surface area (Å²) in [5, 5.41) is 8.53. The molecule has 0 aliphatic rings. The summed E-state index contributed by atoms with van der Waals surface area (Å²) < 4.78 is 1.99. The molecule has 2 heterocycles. The van der Waals surface area contributed by atoms with Crippen LogP contribution >= 0.6 is 0 Å². The Bertz CT molecular complexity index is 476. The number of pyridine rings is 1. The Morgan fingerprint density at radius 2 is 2.33 bits per heavy atom. The van der Waals surface area contributed by atoms with Gasteiger partial charge in [0.05, 0.1) is 0 Å². The zero-order valence-electron chi connectivity index (χ0n) is 8.26. The van der Waals surface area contributed by atoms with E-state index in [1.54, 1.807) is 6.20 Å². The lowest BCUT2D eigenvalue weighted by molar-refractivity contribution is -0.137. The Balaban J connectivity index is 2.11. The van der Waals surface area contributed by atoms with Gasteiger partial charge in [0, 0.05) is 24.5 Å². The molecule has 2 aromatic rings. The number of hydrogen-bond acceptors (Lipinski definition) is 2. The van der Waals surface area contributed by atoms with Gasteiger partial charge in [0.2, 0.25) is 0 Å². The van der Waals surface area contributed by atoms with Crippen molar-refractivity contribution in [3.05, 3.63) is 36.3 Å². The molecule has 0 saturated heterocycles. The first kappa shape index (κ1) is 9.71. The molecule has 0 aliphatic carbocycles. The first-order valence-electron chi connectivity index (χ1n) is 4.90. The molecule has 0 spiro atoms. The van der Waals surface area contributed by atoms with Gasteiger partial charge in [-0.1, -0.05) is 6.07 Å². The average molecular weight is 204 g/mol. The average Bonchev–Trinajstić information content (AvgIpc) is 2.62. The molecule has 0 fully saturated rings. The van der Waals surface area contributed by atoms with E-state index in [0.717, 1.165) is 17.8 Å². The largest absolute Gasteiger partial charge is 0.481 e. The van der Waals surface area contributed by atoms with E-state index >= 15 is 0 Å². The van der Waals surface area contributed by atoms with E-state index in [9.17, 15) is 4.79 Å². The summed E-state index contributed by atoms with van der Waals surface area (Å²) in [4.78, 5) is 14.6. The number of carboxylic acid groups (broad SMARTS) is 1. The maximum absolute atomic E-state index is 10.4. The number of carboxylic acids is 1. The van der Waals surface area contributed by atoms with Crippen molar-refractivity contribution in [1.29, 1.82) is 0 Å². The second-order valence-corrected chi connectivity index (χ2v) is 3.43. The van der Waals surface area contributed by atoms with Crippen molar-refractivity contribution in [2.24, 2.45) is 0 Å². The molecule has 0 amide bonds. The van der Waals surface area contributed by atoms with Gasteiger partial charge in [-0.25, -0.2) is 4.98 Å². The third-order valence-corrected chi connectivity index (χ3v) is 2.32. The van der Waals surface area contributed by atoms with E-state index < -0.39 is 5.97 Å². The van der Waals surface area contributed by atoms with Crippen molar-refractivity contribution in [2.45, 2.75) is 19.3 Å². The number of hydrogen-bond donors (Lipinski definition) is 1. The van der Waals surface area contributed by atoms with Crippen LogP contribution in [-0.4, -0.2) is 20.5 Å². The van der Waals surface area contributed by atoms with Crippen LogP contribution < -0.4 is 0 Å². The maximum atomic E-state index is 10.4. The lowest BCUT2D eigenvalue weighted by atomic mass is 10.2. The van der Waals surface area contributed by atoms with Crippen LogP contribution in [0, 0.1) is 0 Å². The minimum absolute atomic E-state index is 0.208. The second kappa shape index (κ2) is 4.13. The predicted molar refractivity (Wildman–Crippen MR) is 55.8 cm³/mol. The van der Waals surface area contributed by atoms with Gasteiger partial charge in [0.15, 0.2) is 0 Å². The monoisotopic (exact) mass is 204 g/mol. The normalized spacial score (nSPS) is 10.7. The molecule has 0 radical (unpaired) electrons. The van der Waals surface area contributed by atoms with Gasteiger partial charge in [-0.15, -0.1) is 0 Å². The number of aliphatic carboxylic acids is 1. The van der Waals surface area contributed by atoms with Gasteiger partial charge < -0.3 is 9.51 Å². The highest BCUT2D eigenvalue weighted by molar-refractivity contribution is 5.66. The van der Waals surface area contributed by atoms with Gasteiger partial charge in [0.25, 0.3) is 0 Å². The third-order valence-electron chi connectivity index (χ3n) is 2.32. The molecule has 0 atom stereocenters. The second-order valence-electron chi connectivity index (χ2n) is 3.43. The van der Waals surface area contributed by atoms with Crippen molar-refractivity contribution >= 4 is 11.6 Å². The summed E-state index contributed by atoms with van der Waals surface area (Å²) in [6, 6.07) is 5.80. The van der Waals surface area contributed by atoms with E-state index in [4.69, 9.17) is 5.11 Å². The molecule has 4 heteroatoms. The molecule has 0 aromatic carbocycles. The summed E-state index contributed by atoms with van der Waals surface area (Å²) in [5.41, 5.74) is 1.97. The minimum Gasteiger partial charge on any atom is -0.481 e. The van der Waals surface area contributed by atoms with E-state index in [1.165, 1.54) is 0 Å². The third kappa shape index (κ3) is 2.15. The van der Waals surface area contributed by atoms with Gasteiger partial charge in [0.1, 0.15) is 5.65 Å². The van der Waals surface area contributed by atoms with E-state index in [2.05, 4.69) is 4.98 Å². The predicted octanol–water partition coefficient (Wildman–Crippen LogP) is 1.74. The van der Waals surface area contributed by atoms with Crippen molar-refractivity contribution in [2.75, 3.05) is 0 Å². The maximum Gasteiger partial charge on any atom is 0.303 e. The van der Waals surface area contributed by atoms with Crippen molar-refractivity contribution in [1.82, 2.24) is 9.38 Å². The van der Waals surface area contributed by atoms with Crippen LogP contribution in [0.25, 0.3) is 5.65 Å². The Labute approximate surface area is 87.2 Å². The highest BCUT2D eigenvalue weighted by atomic mass is 16.4. The summed E-state index contributed by atoms with van der Waals surface area (Å²) >= 11 is 0. The number of carbonyl (C=O) groups is 1. The standard InChI is InChI=1S/C11H12N2O2/c14-11(15)6-3-4-9-8-12-10-5-1-2-7-13(9)10/h1-2,5,7-8H,3-4,6H2,(H,14,15). The van der Waals surface area contributed by atoms with Crippen molar-refractivity contribution < 1.29 is 9.90 Å². The molecule has 1 N–H and O–H groups in total. The highest BCUT2D eigenvalue weighted by Crippen LogP contribution is 2.09. The van der Waals surface area contributed by atoms with Crippen LogP contribution in [0.5, 0.6) is 0 Å². The van der Waals surface area contributed by atoms with Crippen LogP contribution in [-0.2, 0) is 11.2 Å². The summed E-state index contributed by atoms with van der Waals surface area (Å²) in [6.45, 7) is 0. The molecule has 78 valence electrons. The SMILES string of the molecule is O=C(O)CCCc1cnc2ccccn12. The smallest absolute Gasteiger partial charge is 0.303 e. The number of imidazole rings is 1. The molecule has 0 bridgehead atoms. The number of aromatic nitrogens is 2. The fraction of sp³-hybridized carbons (Fsp3) is 0.273. The molecular weight excluding hydrogens is 192 g/mol. The number of fused-ring (bicyclic) bond motifs is 1. The fourth-order valence-electron chi connectivity index (χ4n) is 1.59. The Kier molecular flexibility index (Phi) is 2.67. The molecule has 0 aliphatic heterocycles. The zero-order valence-corrected chi connectivity index (χ0v) is 8.26. The van der Waals surface area contributed by atoms with Crippen LogP contribution in [0.15, 0.2) is 30.6 Å². The zero-order chi connectivity index (χ0) is 10.7. The molecule has 2 rings (SSSR count). The number of rotatable bonds is 4. The van der Waals surface area contributed by atoms with Gasteiger partial charge in [-0.3, -0.25) is 4.79 Å². The number of nitrogens with zero attached hydrogens (tertiary/aromatic N) is 2. The van der Waals surface area contributed by atoms with Crippen LogP contribution in [0.1, 0.15) is 18.5 Å².